The fourth-order valence-corrected chi connectivity index (χ4v) is 0.824. The van der Waals surface area contributed by atoms with Crippen LogP contribution < -0.4 is 17.2 Å². The summed E-state index contributed by atoms with van der Waals surface area (Å²) >= 11 is 0. The predicted molar refractivity (Wildman–Crippen MR) is 66.5 cm³/mol. The minimum Gasteiger partial charge on any atom is -0.481 e. The minimum absolute atomic E-state index is 0.0213. The van der Waals surface area contributed by atoms with E-state index in [1.54, 1.807) is 0 Å². The lowest BCUT2D eigenvalue weighted by Gasteiger charge is -2.01. The van der Waals surface area contributed by atoms with Crippen LogP contribution >= 0.6 is 0 Å². The number of hydrogen-bond acceptors (Lipinski definition) is 6. The van der Waals surface area contributed by atoms with Crippen LogP contribution in [0.5, 0.6) is 0 Å². The van der Waals surface area contributed by atoms with Gasteiger partial charge in [0, 0.05) is 12.8 Å². The fraction of sp³-hybridized carbons (Fsp3) is 0.600. The summed E-state index contributed by atoms with van der Waals surface area (Å²) in [6, 6.07) is -2.04. The van der Waals surface area contributed by atoms with Crippen molar-refractivity contribution < 1.29 is 34.5 Å². The van der Waals surface area contributed by atoms with Crippen molar-refractivity contribution in [3.8, 4) is 0 Å². The summed E-state index contributed by atoms with van der Waals surface area (Å²) in [6.45, 7) is 0. The van der Waals surface area contributed by atoms with Crippen LogP contribution in [0, 0.1) is 0 Å². The molecule has 0 aliphatic carbocycles. The zero-order valence-corrected chi connectivity index (χ0v) is 10.7. The summed E-state index contributed by atoms with van der Waals surface area (Å²) in [5, 5.41) is 24.5. The van der Waals surface area contributed by atoms with Gasteiger partial charge < -0.3 is 32.5 Å². The Labute approximate surface area is 114 Å². The number of hydrogen-bond donors (Lipinski definition) is 6. The molecule has 0 radical (unpaired) electrons. The van der Waals surface area contributed by atoms with Gasteiger partial charge in [0.05, 0.1) is 0 Å². The number of nitrogens with two attached hydrogens (primary N) is 3. The van der Waals surface area contributed by atoms with Crippen LogP contribution in [0.2, 0.25) is 0 Å². The second kappa shape index (κ2) is 10.7. The maximum absolute atomic E-state index is 10.1. The molecular weight excluding hydrogens is 274 g/mol. The van der Waals surface area contributed by atoms with Crippen LogP contribution in [0.15, 0.2) is 0 Å². The van der Waals surface area contributed by atoms with Crippen molar-refractivity contribution in [2.45, 2.75) is 37.8 Å². The van der Waals surface area contributed by atoms with Gasteiger partial charge in [0.1, 0.15) is 12.1 Å². The van der Waals surface area contributed by atoms with E-state index in [9.17, 15) is 19.2 Å². The topological polar surface area (TPSA) is 207 Å². The molecule has 0 bridgehead atoms. The maximum atomic E-state index is 10.1. The van der Waals surface area contributed by atoms with E-state index >= 15 is 0 Å². The normalized spacial score (nSPS) is 12.5. The summed E-state index contributed by atoms with van der Waals surface area (Å²) in [5.41, 5.74) is 14.8. The monoisotopic (exact) mass is 293 g/mol. The smallest absolute Gasteiger partial charge is 0.320 e. The fourth-order valence-electron chi connectivity index (χ4n) is 0.824. The molecule has 2 atom stereocenters. The Morgan fingerprint density at radius 1 is 0.800 bits per heavy atom. The van der Waals surface area contributed by atoms with Crippen molar-refractivity contribution in [2.24, 2.45) is 17.2 Å². The standard InChI is InChI=1S/C5H10N2O3.C5H9NO4/c2*6-3(5(9)10)1-2-4(7)8/h3H,1-2,6H2,(H2,7,8)(H,9,10);3H,1-2,6H2,(H,7,8)(H,9,10)/t2*3-/m01/s1. The summed E-state index contributed by atoms with van der Waals surface area (Å²) < 4.78 is 0. The van der Waals surface area contributed by atoms with Gasteiger partial charge >= 0.3 is 17.9 Å². The molecule has 0 saturated carbocycles. The number of primary amides is 1. The highest BCUT2D eigenvalue weighted by Gasteiger charge is 2.12. The molecule has 10 nitrogen and oxygen atoms in total. The van der Waals surface area contributed by atoms with Crippen molar-refractivity contribution in [1.29, 1.82) is 0 Å². The molecule has 0 aromatic heterocycles. The number of amides is 1. The third kappa shape index (κ3) is 13.9. The molecule has 0 aromatic rings. The molecule has 1 amide bonds. The van der Waals surface area contributed by atoms with E-state index in [0.717, 1.165) is 0 Å². The van der Waals surface area contributed by atoms with Crippen molar-refractivity contribution in [2.75, 3.05) is 0 Å². The van der Waals surface area contributed by atoms with Crippen molar-refractivity contribution in [3.05, 3.63) is 0 Å². The molecule has 0 aliphatic heterocycles. The van der Waals surface area contributed by atoms with Crippen molar-refractivity contribution in [1.82, 2.24) is 0 Å². The highest BCUT2D eigenvalue weighted by atomic mass is 16.4. The summed E-state index contributed by atoms with van der Waals surface area (Å²) in [5.74, 6) is -3.84. The van der Waals surface area contributed by atoms with Gasteiger partial charge in [-0.2, -0.15) is 0 Å². The van der Waals surface area contributed by atoms with Crippen LogP contribution in [0.1, 0.15) is 25.7 Å². The molecule has 10 heteroatoms. The lowest BCUT2D eigenvalue weighted by molar-refractivity contribution is -0.140. The highest BCUT2D eigenvalue weighted by molar-refractivity contribution is 5.77. The summed E-state index contributed by atoms with van der Waals surface area (Å²) in [6.07, 6.45) is -0.101. The van der Waals surface area contributed by atoms with Crippen LogP contribution in [-0.2, 0) is 19.2 Å². The van der Waals surface area contributed by atoms with Crippen LogP contribution in [0.4, 0.5) is 0 Å². The van der Waals surface area contributed by atoms with Gasteiger partial charge in [-0.25, -0.2) is 0 Å². The molecule has 0 aromatic carbocycles. The number of carboxylic acid groups (broad SMARTS) is 3. The Kier molecular flexibility index (Phi) is 10.8. The largest absolute Gasteiger partial charge is 0.481 e. The molecule has 0 unspecified atom stereocenters. The molecule has 0 saturated heterocycles. The Bertz CT molecular complexity index is 325. The molecule has 20 heavy (non-hydrogen) atoms. The van der Waals surface area contributed by atoms with Gasteiger partial charge in [-0.15, -0.1) is 0 Å². The van der Waals surface area contributed by atoms with Gasteiger partial charge in [-0.3, -0.25) is 19.2 Å². The van der Waals surface area contributed by atoms with E-state index in [2.05, 4.69) is 0 Å². The van der Waals surface area contributed by atoms with Gasteiger partial charge in [-0.1, -0.05) is 0 Å². The molecule has 0 heterocycles. The van der Waals surface area contributed by atoms with Gasteiger partial charge in [0.15, 0.2) is 0 Å². The number of carboxylic acids is 3. The van der Waals surface area contributed by atoms with Crippen molar-refractivity contribution >= 4 is 23.8 Å². The Morgan fingerprint density at radius 3 is 1.40 bits per heavy atom. The molecular formula is C10H19N3O7. The van der Waals surface area contributed by atoms with Crippen LogP contribution in [0.25, 0.3) is 0 Å². The average molecular weight is 293 g/mol. The van der Waals surface area contributed by atoms with Crippen LogP contribution in [0.3, 0.4) is 0 Å². The van der Waals surface area contributed by atoms with E-state index in [-0.39, 0.29) is 25.7 Å². The van der Waals surface area contributed by atoms with E-state index in [0.29, 0.717) is 0 Å². The van der Waals surface area contributed by atoms with Crippen molar-refractivity contribution in [3.63, 3.8) is 0 Å². The van der Waals surface area contributed by atoms with Gasteiger partial charge in [0.25, 0.3) is 0 Å². The Balaban J connectivity index is 0. The Hall–Kier alpha value is -2.20. The second-order valence-electron chi connectivity index (χ2n) is 3.83. The van der Waals surface area contributed by atoms with Gasteiger partial charge in [0.2, 0.25) is 5.91 Å². The summed E-state index contributed by atoms with van der Waals surface area (Å²) in [4.78, 5) is 40.0. The molecule has 9 N–H and O–H groups in total. The third-order valence-electron chi connectivity index (χ3n) is 2.01. The SMILES string of the molecule is NC(=O)CC[C@H](N)C(=O)O.N[C@H](CCC(=O)O)C(=O)O. The molecule has 116 valence electrons. The maximum Gasteiger partial charge on any atom is 0.320 e. The average Bonchev–Trinajstić information content (AvgIpc) is 2.33. The summed E-state index contributed by atoms with van der Waals surface area (Å²) in [7, 11) is 0. The minimum atomic E-state index is -1.17. The van der Waals surface area contributed by atoms with E-state index in [1.165, 1.54) is 0 Å². The molecule has 0 rings (SSSR count). The zero-order chi connectivity index (χ0) is 16.3. The Morgan fingerprint density at radius 2 is 1.15 bits per heavy atom. The van der Waals surface area contributed by atoms with Gasteiger partial charge in [-0.05, 0) is 12.8 Å². The first-order valence-electron chi connectivity index (χ1n) is 5.54. The lowest BCUT2D eigenvalue weighted by atomic mass is 10.2. The van der Waals surface area contributed by atoms with E-state index in [4.69, 9.17) is 32.5 Å². The predicted octanol–water partition coefficient (Wildman–Crippen LogP) is -2.07. The molecule has 0 fully saturated rings. The van der Waals surface area contributed by atoms with E-state index < -0.39 is 35.9 Å². The second-order valence-corrected chi connectivity index (χ2v) is 3.83. The number of carbonyl (C=O) groups is 4. The lowest BCUT2D eigenvalue weighted by Crippen LogP contribution is -2.31. The first-order chi connectivity index (χ1) is 9.07. The number of aliphatic carboxylic acids is 3. The third-order valence-corrected chi connectivity index (χ3v) is 2.01. The first kappa shape index (κ1) is 20.1. The van der Waals surface area contributed by atoms with Crippen LogP contribution in [-0.4, -0.2) is 51.2 Å². The molecule has 0 aliphatic rings. The number of rotatable bonds is 8. The zero-order valence-electron chi connectivity index (χ0n) is 10.7. The molecule has 0 spiro atoms. The number of carbonyl (C=O) groups excluding carboxylic acids is 1. The van der Waals surface area contributed by atoms with E-state index in [1.807, 2.05) is 0 Å². The first-order valence-corrected chi connectivity index (χ1v) is 5.54. The highest BCUT2D eigenvalue weighted by Crippen LogP contribution is 1.93. The quantitative estimate of drug-likeness (QED) is 0.290.